The van der Waals surface area contributed by atoms with Gasteiger partial charge in [0.2, 0.25) is 0 Å². The normalized spacial score (nSPS) is 11.7. The molecule has 1 heterocycles. The smallest absolute Gasteiger partial charge is 0.293 e. The van der Waals surface area contributed by atoms with E-state index in [0.717, 1.165) is 11.3 Å². The maximum Gasteiger partial charge on any atom is 0.396 e. The van der Waals surface area contributed by atoms with Crippen LogP contribution < -0.4 is 0 Å². The molecule has 0 amide bonds. The van der Waals surface area contributed by atoms with Crippen LogP contribution in [0.1, 0.15) is 16.1 Å². The van der Waals surface area contributed by atoms with Crippen LogP contribution in [0.25, 0.3) is 0 Å². The van der Waals surface area contributed by atoms with Gasteiger partial charge in [0, 0.05) is 0 Å². The highest BCUT2D eigenvalue weighted by molar-refractivity contribution is 7.18. The Morgan fingerprint density at radius 3 is 2.46 bits per heavy atom. The van der Waals surface area contributed by atoms with Crippen LogP contribution in [0, 0.1) is 0 Å². The number of carbonyl (C=O) groups excluding carboxylic acids is 1. The molecule has 6 heteroatoms. The highest BCUT2D eigenvalue weighted by Crippen LogP contribution is 2.27. The fraction of sp³-hybridized carbons (Fsp3) is 0.286. The lowest BCUT2D eigenvalue weighted by Crippen LogP contribution is -2.13. The molecule has 0 aliphatic rings. The Bertz CT molecular complexity index is 318. The van der Waals surface area contributed by atoms with Crippen LogP contribution in [0.2, 0.25) is 4.34 Å². The minimum atomic E-state index is -4.45. The summed E-state index contributed by atoms with van der Waals surface area (Å²) in [4.78, 5) is 10.9. The zero-order valence-electron chi connectivity index (χ0n) is 6.19. The quantitative estimate of drug-likeness (QED) is 0.708. The molecule has 1 nitrogen and oxygen atoms in total. The molecule has 0 saturated carbocycles. The lowest BCUT2D eigenvalue weighted by Gasteiger charge is -2.02. The number of carbonyl (C=O) groups is 1. The van der Waals surface area contributed by atoms with Gasteiger partial charge in [0.05, 0.1) is 9.21 Å². The zero-order valence-corrected chi connectivity index (χ0v) is 7.76. The summed E-state index contributed by atoms with van der Waals surface area (Å²) < 4.78 is 35.6. The van der Waals surface area contributed by atoms with Crippen LogP contribution in [-0.4, -0.2) is 12.0 Å². The summed E-state index contributed by atoms with van der Waals surface area (Å²) >= 11 is 6.31. The van der Waals surface area contributed by atoms with Crippen molar-refractivity contribution in [2.75, 3.05) is 0 Å². The summed E-state index contributed by atoms with van der Waals surface area (Å²) in [5.74, 6) is -0.940. The van der Waals surface area contributed by atoms with Gasteiger partial charge in [0.25, 0.3) is 0 Å². The van der Waals surface area contributed by atoms with E-state index in [-0.39, 0.29) is 4.88 Å². The predicted molar refractivity (Wildman–Crippen MR) is 44.3 cm³/mol. The number of ketones is 1. The van der Waals surface area contributed by atoms with E-state index in [1.165, 1.54) is 12.1 Å². The van der Waals surface area contributed by atoms with Crippen molar-refractivity contribution in [3.63, 3.8) is 0 Å². The molecular weight excluding hydrogens is 225 g/mol. The number of halogens is 4. The third-order valence-electron chi connectivity index (χ3n) is 1.21. The Morgan fingerprint density at radius 1 is 1.46 bits per heavy atom. The van der Waals surface area contributed by atoms with E-state index in [9.17, 15) is 18.0 Å². The Kier molecular flexibility index (Phi) is 2.98. The lowest BCUT2D eigenvalue weighted by atomic mass is 10.2. The molecule has 72 valence electrons. The van der Waals surface area contributed by atoms with Crippen LogP contribution in [-0.2, 0) is 0 Å². The second-order valence-electron chi connectivity index (χ2n) is 2.32. The van der Waals surface area contributed by atoms with Crippen LogP contribution in [0.5, 0.6) is 0 Å². The summed E-state index contributed by atoms with van der Waals surface area (Å²) in [6.45, 7) is 0. The van der Waals surface area contributed by atoms with Crippen molar-refractivity contribution >= 4 is 28.7 Å². The van der Waals surface area contributed by atoms with Gasteiger partial charge in [-0.2, -0.15) is 13.2 Å². The molecular formula is C7H4ClF3OS. The third kappa shape index (κ3) is 3.36. The van der Waals surface area contributed by atoms with Gasteiger partial charge in [-0.25, -0.2) is 0 Å². The number of Topliss-reactive ketones (excluding diaryl/α,β-unsaturated/α-hetero) is 1. The van der Waals surface area contributed by atoms with E-state index in [1.807, 2.05) is 0 Å². The summed E-state index contributed by atoms with van der Waals surface area (Å²) in [7, 11) is 0. The Labute approximate surface area is 81.1 Å². The number of hydrogen-bond acceptors (Lipinski definition) is 2. The molecule has 1 aromatic heterocycles. The fourth-order valence-electron chi connectivity index (χ4n) is 0.733. The number of alkyl halides is 3. The predicted octanol–water partition coefficient (Wildman–Crippen LogP) is 3.54. The SMILES string of the molecule is O=C(CC(F)(F)F)c1ccc(Cl)s1. The van der Waals surface area contributed by atoms with Crippen LogP contribution in [0.15, 0.2) is 12.1 Å². The van der Waals surface area contributed by atoms with Crippen LogP contribution in [0.3, 0.4) is 0 Å². The van der Waals surface area contributed by atoms with Gasteiger partial charge in [0.1, 0.15) is 6.42 Å². The maximum atomic E-state index is 11.7. The van der Waals surface area contributed by atoms with E-state index in [4.69, 9.17) is 11.6 Å². The first kappa shape index (κ1) is 10.5. The van der Waals surface area contributed by atoms with E-state index in [1.54, 1.807) is 0 Å². The van der Waals surface area contributed by atoms with Crippen molar-refractivity contribution in [1.29, 1.82) is 0 Å². The Morgan fingerprint density at radius 2 is 2.08 bits per heavy atom. The summed E-state index contributed by atoms with van der Waals surface area (Å²) in [6.07, 6.45) is -5.88. The number of thiophene rings is 1. The first-order valence-electron chi connectivity index (χ1n) is 3.24. The molecule has 0 aromatic carbocycles. The third-order valence-corrected chi connectivity index (χ3v) is 2.48. The van der Waals surface area contributed by atoms with E-state index < -0.39 is 18.4 Å². The summed E-state index contributed by atoms with van der Waals surface area (Å²) in [5, 5.41) is 0. The molecule has 0 aliphatic heterocycles. The molecule has 13 heavy (non-hydrogen) atoms. The second kappa shape index (κ2) is 3.67. The number of rotatable bonds is 2. The Hall–Kier alpha value is -0.550. The fourth-order valence-corrected chi connectivity index (χ4v) is 1.71. The topological polar surface area (TPSA) is 17.1 Å². The zero-order chi connectivity index (χ0) is 10.1. The highest BCUT2D eigenvalue weighted by atomic mass is 35.5. The molecule has 0 radical (unpaired) electrons. The summed E-state index contributed by atoms with van der Waals surface area (Å²) in [5.41, 5.74) is 0. The van der Waals surface area contributed by atoms with Crippen molar-refractivity contribution in [1.82, 2.24) is 0 Å². The van der Waals surface area contributed by atoms with Gasteiger partial charge in [-0.3, -0.25) is 4.79 Å². The molecule has 1 aromatic rings. The van der Waals surface area contributed by atoms with Gasteiger partial charge in [-0.15, -0.1) is 11.3 Å². The molecule has 0 N–H and O–H groups in total. The summed E-state index contributed by atoms with van der Waals surface area (Å²) in [6, 6.07) is 2.69. The van der Waals surface area contributed by atoms with Crippen molar-refractivity contribution < 1.29 is 18.0 Å². The van der Waals surface area contributed by atoms with Crippen LogP contribution in [0.4, 0.5) is 13.2 Å². The van der Waals surface area contributed by atoms with Crippen molar-refractivity contribution in [3.8, 4) is 0 Å². The van der Waals surface area contributed by atoms with Gasteiger partial charge < -0.3 is 0 Å². The lowest BCUT2D eigenvalue weighted by molar-refractivity contribution is -0.125. The van der Waals surface area contributed by atoms with E-state index in [2.05, 4.69) is 0 Å². The standard InChI is InChI=1S/C7H4ClF3OS/c8-6-2-1-5(13-6)4(12)3-7(9,10)11/h1-2H,3H2. The molecule has 0 bridgehead atoms. The van der Waals surface area contributed by atoms with E-state index >= 15 is 0 Å². The molecule has 1 rings (SSSR count). The minimum Gasteiger partial charge on any atom is -0.293 e. The molecule has 0 aliphatic carbocycles. The van der Waals surface area contributed by atoms with Gasteiger partial charge >= 0.3 is 6.18 Å². The minimum absolute atomic E-state index is 0.0438. The monoisotopic (exact) mass is 228 g/mol. The van der Waals surface area contributed by atoms with Gasteiger partial charge in [0.15, 0.2) is 5.78 Å². The average molecular weight is 229 g/mol. The van der Waals surface area contributed by atoms with E-state index in [0.29, 0.717) is 4.34 Å². The van der Waals surface area contributed by atoms with Crippen molar-refractivity contribution in [2.24, 2.45) is 0 Å². The Balaban J connectivity index is 2.70. The molecule has 0 unspecified atom stereocenters. The molecule has 0 fully saturated rings. The van der Waals surface area contributed by atoms with Gasteiger partial charge in [-0.1, -0.05) is 11.6 Å². The number of hydrogen-bond donors (Lipinski definition) is 0. The van der Waals surface area contributed by atoms with Crippen LogP contribution >= 0.6 is 22.9 Å². The maximum absolute atomic E-state index is 11.7. The first-order valence-corrected chi connectivity index (χ1v) is 4.43. The molecule has 0 saturated heterocycles. The average Bonchev–Trinajstić information content (AvgIpc) is 2.31. The second-order valence-corrected chi connectivity index (χ2v) is 4.03. The van der Waals surface area contributed by atoms with Crippen molar-refractivity contribution in [2.45, 2.75) is 12.6 Å². The van der Waals surface area contributed by atoms with Crippen molar-refractivity contribution in [3.05, 3.63) is 21.3 Å². The molecule has 0 atom stereocenters. The largest absolute Gasteiger partial charge is 0.396 e. The molecule has 0 spiro atoms. The highest BCUT2D eigenvalue weighted by Gasteiger charge is 2.32. The first-order chi connectivity index (χ1) is 5.88. The van der Waals surface area contributed by atoms with Gasteiger partial charge in [-0.05, 0) is 12.1 Å².